The van der Waals surface area contributed by atoms with Crippen molar-refractivity contribution in [3.05, 3.63) is 72.1 Å². The Bertz CT molecular complexity index is 1570. The number of piperazine rings is 1. The van der Waals surface area contributed by atoms with Crippen LogP contribution in [0, 0.1) is 0 Å². The second-order valence-electron chi connectivity index (χ2n) is 9.41. The molecule has 1 saturated heterocycles. The molecule has 40 heavy (non-hydrogen) atoms. The fraction of sp³-hybridized carbons (Fsp3) is 0.321. The maximum atomic E-state index is 13.1. The summed E-state index contributed by atoms with van der Waals surface area (Å²) < 4.78 is 41.9. The van der Waals surface area contributed by atoms with E-state index < -0.39 is 10.0 Å². The van der Waals surface area contributed by atoms with Crippen molar-refractivity contribution in [1.29, 1.82) is 0 Å². The third kappa shape index (κ3) is 6.09. The molecule has 0 unspecified atom stereocenters. The summed E-state index contributed by atoms with van der Waals surface area (Å²) in [5.41, 5.74) is 4.15. The van der Waals surface area contributed by atoms with Gasteiger partial charge in [0.2, 0.25) is 11.8 Å². The summed E-state index contributed by atoms with van der Waals surface area (Å²) in [7, 11) is -0.711. The van der Waals surface area contributed by atoms with Crippen LogP contribution >= 0.6 is 0 Å². The molecule has 0 bridgehead atoms. The highest BCUT2D eigenvalue weighted by molar-refractivity contribution is 7.92. The molecule has 12 heteroatoms. The number of ether oxygens (including phenoxy) is 2. The normalized spacial score (nSPS) is 13.8. The zero-order valence-corrected chi connectivity index (χ0v) is 23.6. The summed E-state index contributed by atoms with van der Waals surface area (Å²) >= 11 is 0. The summed E-state index contributed by atoms with van der Waals surface area (Å²) in [5, 5.41) is 7.34. The molecule has 1 aliphatic rings. The van der Waals surface area contributed by atoms with Crippen LogP contribution in [0.4, 0.5) is 11.6 Å². The van der Waals surface area contributed by atoms with Crippen LogP contribution in [0.25, 0.3) is 11.3 Å². The number of nitrogens with zero attached hydrogens (tertiary/aromatic N) is 5. The Kier molecular flexibility index (Phi) is 8.29. The average molecular weight is 564 g/mol. The molecule has 1 aliphatic heterocycles. The van der Waals surface area contributed by atoms with E-state index in [2.05, 4.69) is 30.0 Å². The SMILES string of the molecule is CCc1c(Oc2ccc(N3CCNCC3)cc2)nc(NS(=O)(=O)c2cnn(C)c2)nc1-c1ccccc1COC. The molecule has 5 rings (SSSR count). The number of hydrogen-bond donors (Lipinski definition) is 2. The van der Waals surface area contributed by atoms with Crippen molar-refractivity contribution in [2.45, 2.75) is 24.8 Å². The molecule has 0 saturated carbocycles. The zero-order valence-electron chi connectivity index (χ0n) is 22.8. The average Bonchev–Trinajstić information content (AvgIpc) is 3.41. The van der Waals surface area contributed by atoms with Crippen LogP contribution in [-0.4, -0.2) is 61.5 Å². The highest BCUT2D eigenvalue weighted by Gasteiger charge is 2.23. The van der Waals surface area contributed by atoms with Gasteiger partial charge in [-0.15, -0.1) is 0 Å². The minimum Gasteiger partial charge on any atom is -0.439 e. The molecule has 2 N–H and O–H groups in total. The number of aromatic nitrogens is 4. The van der Waals surface area contributed by atoms with Gasteiger partial charge < -0.3 is 19.7 Å². The van der Waals surface area contributed by atoms with E-state index in [9.17, 15) is 8.42 Å². The van der Waals surface area contributed by atoms with Gasteiger partial charge in [0.05, 0.1) is 18.5 Å². The quantitative estimate of drug-likeness (QED) is 0.298. The molecule has 11 nitrogen and oxygen atoms in total. The molecule has 0 radical (unpaired) electrons. The minimum atomic E-state index is -3.99. The first kappa shape index (κ1) is 27.6. The van der Waals surface area contributed by atoms with Gasteiger partial charge in [0.25, 0.3) is 10.0 Å². The second kappa shape index (κ2) is 12.0. The number of hydrogen-bond acceptors (Lipinski definition) is 9. The predicted octanol–water partition coefficient (Wildman–Crippen LogP) is 3.59. The molecule has 1 fully saturated rings. The molecule has 3 heterocycles. The van der Waals surface area contributed by atoms with Crippen LogP contribution in [0.15, 0.2) is 65.8 Å². The predicted molar refractivity (Wildman–Crippen MR) is 153 cm³/mol. The number of benzene rings is 2. The topological polar surface area (TPSA) is 124 Å². The van der Waals surface area contributed by atoms with Crippen LogP contribution in [-0.2, 0) is 34.8 Å². The molecule has 0 atom stereocenters. The molecule has 0 amide bonds. The van der Waals surface area contributed by atoms with Gasteiger partial charge in [0.15, 0.2) is 0 Å². The van der Waals surface area contributed by atoms with Crippen LogP contribution in [0.2, 0.25) is 0 Å². The standard InChI is InChI=1S/C28H33N7O4S/c1-4-24-26(25-8-6-5-7-20(25)19-38-3)31-28(33-40(36,37)23-17-30-34(2)18-23)32-27(24)39-22-11-9-21(10-12-22)35-15-13-29-14-16-35/h5-12,17-18,29H,4,13-16,19H2,1-3H3,(H,31,32,33). The number of methoxy groups -OCH3 is 1. The van der Waals surface area contributed by atoms with E-state index >= 15 is 0 Å². The maximum Gasteiger partial charge on any atom is 0.267 e. The number of anilines is 2. The van der Waals surface area contributed by atoms with Gasteiger partial charge in [-0.1, -0.05) is 31.2 Å². The number of sulfonamides is 1. The van der Waals surface area contributed by atoms with E-state index in [1.807, 2.05) is 55.5 Å². The fourth-order valence-corrected chi connectivity index (χ4v) is 5.57. The summed E-state index contributed by atoms with van der Waals surface area (Å²) in [6, 6.07) is 15.6. The Labute approximate surface area is 234 Å². The first-order valence-electron chi connectivity index (χ1n) is 13.1. The first-order chi connectivity index (χ1) is 19.4. The maximum absolute atomic E-state index is 13.1. The van der Waals surface area contributed by atoms with Crippen LogP contribution in [0.5, 0.6) is 11.6 Å². The monoisotopic (exact) mass is 563 g/mol. The van der Waals surface area contributed by atoms with Gasteiger partial charge >= 0.3 is 0 Å². The molecule has 4 aromatic rings. The van der Waals surface area contributed by atoms with Gasteiger partial charge in [-0.05, 0) is 36.2 Å². The third-order valence-corrected chi connectivity index (χ3v) is 7.93. The van der Waals surface area contributed by atoms with Crippen molar-refractivity contribution >= 4 is 21.7 Å². The molecule has 0 spiro atoms. The van der Waals surface area contributed by atoms with E-state index in [4.69, 9.17) is 9.47 Å². The molecule has 2 aromatic carbocycles. The van der Waals surface area contributed by atoms with E-state index in [0.29, 0.717) is 24.5 Å². The summed E-state index contributed by atoms with van der Waals surface area (Å²) in [6.45, 7) is 6.13. The lowest BCUT2D eigenvalue weighted by atomic mass is 10.00. The van der Waals surface area contributed by atoms with Gasteiger partial charge in [0, 0.05) is 63.3 Å². The van der Waals surface area contributed by atoms with Crippen LogP contribution in [0.1, 0.15) is 18.1 Å². The Hall–Kier alpha value is -4.00. The second-order valence-corrected chi connectivity index (χ2v) is 11.1. The summed E-state index contributed by atoms with van der Waals surface area (Å²) in [5.74, 6) is 0.763. The van der Waals surface area contributed by atoms with Crippen LogP contribution < -0.4 is 19.7 Å². The van der Waals surface area contributed by atoms with E-state index in [1.54, 1.807) is 14.2 Å². The van der Waals surface area contributed by atoms with Crippen molar-refractivity contribution in [3.63, 3.8) is 0 Å². The molecular formula is C28H33N7O4S. The Morgan fingerprint density at radius 2 is 1.80 bits per heavy atom. The van der Waals surface area contributed by atoms with Gasteiger partial charge in [-0.3, -0.25) is 4.68 Å². The summed E-state index contributed by atoms with van der Waals surface area (Å²) in [4.78, 5) is 11.5. The highest BCUT2D eigenvalue weighted by atomic mass is 32.2. The highest BCUT2D eigenvalue weighted by Crippen LogP contribution is 2.35. The van der Waals surface area contributed by atoms with Gasteiger partial charge in [-0.25, -0.2) is 18.1 Å². The van der Waals surface area contributed by atoms with Crippen molar-refractivity contribution in [1.82, 2.24) is 25.1 Å². The van der Waals surface area contributed by atoms with Crippen molar-refractivity contribution in [2.24, 2.45) is 7.05 Å². The molecular weight excluding hydrogens is 530 g/mol. The molecule has 0 aliphatic carbocycles. The minimum absolute atomic E-state index is 0.00507. The largest absolute Gasteiger partial charge is 0.439 e. The lowest BCUT2D eigenvalue weighted by molar-refractivity contribution is 0.185. The van der Waals surface area contributed by atoms with Crippen molar-refractivity contribution < 1.29 is 17.9 Å². The lowest BCUT2D eigenvalue weighted by Crippen LogP contribution is -2.43. The Morgan fingerprint density at radius 3 is 2.48 bits per heavy atom. The summed E-state index contributed by atoms with van der Waals surface area (Å²) in [6.07, 6.45) is 3.24. The van der Waals surface area contributed by atoms with Crippen molar-refractivity contribution in [3.8, 4) is 22.9 Å². The Balaban J connectivity index is 1.55. The smallest absolute Gasteiger partial charge is 0.267 e. The molecule has 2 aromatic heterocycles. The van der Waals surface area contributed by atoms with E-state index in [1.165, 1.54) is 17.1 Å². The lowest BCUT2D eigenvalue weighted by Gasteiger charge is -2.29. The fourth-order valence-electron chi connectivity index (χ4n) is 4.64. The van der Waals surface area contributed by atoms with Crippen LogP contribution in [0.3, 0.4) is 0 Å². The van der Waals surface area contributed by atoms with E-state index in [-0.39, 0.29) is 16.7 Å². The molecule has 210 valence electrons. The Morgan fingerprint density at radius 1 is 1.05 bits per heavy atom. The number of rotatable bonds is 10. The number of aryl methyl sites for hydroxylation is 1. The first-order valence-corrected chi connectivity index (χ1v) is 14.6. The van der Waals surface area contributed by atoms with Gasteiger partial charge in [-0.2, -0.15) is 10.1 Å². The van der Waals surface area contributed by atoms with E-state index in [0.717, 1.165) is 48.6 Å². The van der Waals surface area contributed by atoms with Crippen molar-refractivity contribution in [2.75, 3.05) is 42.9 Å². The van der Waals surface area contributed by atoms with Gasteiger partial charge in [0.1, 0.15) is 10.6 Å². The number of nitrogens with one attached hydrogen (secondary N) is 2. The zero-order chi connectivity index (χ0) is 28.1. The third-order valence-electron chi connectivity index (χ3n) is 6.65.